The van der Waals surface area contributed by atoms with Gasteiger partial charge in [0, 0.05) is 6.04 Å². The first kappa shape index (κ1) is 13.8. The van der Waals surface area contributed by atoms with Crippen LogP contribution in [0.25, 0.3) is 10.8 Å². The largest absolute Gasteiger partial charge is 0.310 e. The molecule has 0 spiro atoms. The fourth-order valence-electron chi connectivity index (χ4n) is 2.41. The van der Waals surface area contributed by atoms with E-state index in [-0.39, 0.29) is 0 Å². The maximum atomic E-state index is 3.83. The zero-order valence-corrected chi connectivity index (χ0v) is 11.7. The van der Waals surface area contributed by atoms with Crippen LogP contribution in [-0.2, 0) is 0 Å². The predicted octanol–water partition coefficient (Wildman–Crippen LogP) is 4.85. The summed E-state index contributed by atoms with van der Waals surface area (Å²) in [5, 5.41) is 6.27. The molecule has 0 fully saturated rings. The van der Waals surface area contributed by atoms with Crippen LogP contribution in [0.2, 0.25) is 0 Å². The van der Waals surface area contributed by atoms with Crippen molar-refractivity contribution in [2.75, 3.05) is 6.54 Å². The lowest BCUT2D eigenvalue weighted by Gasteiger charge is -2.19. The summed E-state index contributed by atoms with van der Waals surface area (Å²) in [4.78, 5) is 0. The van der Waals surface area contributed by atoms with E-state index in [1.54, 1.807) is 0 Å². The third kappa shape index (κ3) is 3.68. The molecule has 1 heteroatoms. The normalized spacial score (nSPS) is 12.5. The Morgan fingerprint density at radius 1 is 1.16 bits per heavy atom. The summed E-state index contributed by atoms with van der Waals surface area (Å²) in [5.74, 6) is 0. The molecule has 19 heavy (non-hydrogen) atoms. The highest BCUT2D eigenvalue weighted by Crippen LogP contribution is 2.23. The SMILES string of the molecule is C=CCCC(NCCC)c1ccc2ccccc2c1. The number of fused-ring (bicyclic) bond motifs is 1. The van der Waals surface area contributed by atoms with E-state index in [2.05, 4.69) is 61.3 Å². The quantitative estimate of drug-likeness (QED) is 0.696. The maximum absolute atomic E-state index is 3.83. The molecule has 1 N–H and O–H groups in total. The average Bonchev–Trinajstić information content (AvgIpc) is 2.47. The van der Waals surface area contributed by atoms with Gasteiger partial charge in [0.2, 0.25) is 0 Å². The Hall–Kier alpha value is -1.60. The van der Waals surface area contributed by atoms with E-state index in [0.29, 0.717) is 6.04 Å². The molecular formula is C18H23N. The molecule has 2 aromatic carbocycles. The Labute approximate surface area is 116 Å². The molecule has 100 valence electrons. The van der Waals surface area contributed by atoms with Crippen LogP contribution in [0.1, 0.15) is 37.8 Å². The van der Waals surface area contributed by atoms with Crippen molar-refractivity contribution < 1.29 is 0 Å². The molecule has 0 aliphatic heterocycles. The average molecular weight is 253 g/mol. The molecular weight excluding hydrogens is 230 g/mol. The Morgan fingerprint density at radius 2 is 1.95 bits per heavy atom. The van der Waals surface area contributed by atoms with Crippen molar-refractivity contribution in [3.8, 4) is 0 Å². The predicted molar refractivity (Wildman–Crippen MR) is 84.4 cm³/mol. The molecule has 0 bridgehead atoms. The van der Waals surface area contributed by atoms with E-state index >= 15 is 0 Å². The molecule has 0 saturated carbocycles. The van der Waals surface area contributed by atoms with Gasteiger partial charge in [-0.05, 0) is 48.2 Å². The zero-order chi connectivity index (χ0) is 13.5. The van der Waals surface area contributed by atoms with E-state index in [9.17, 15) is 0 Å². The van der Waals surface area contributed by atoms with Crippen LogP contribution in [0.5, 0.6) is 0 Å². The standard InChI is InChI=1S/C18H23N/c1-3-5-10-18(19-13-4-2)17-12-11-15-8-6-7-9-16(15)14-17/h3,6-9,11-12,14,18-19H,1,4-5,10,13H2,2H3. The summed E-state index contributed by atoms with van der Waals surface area (Å²) in [6, 6.07) is 15.8. The van der Waals surface area contributed by atoms with Gasteiger partial charge in [0.05, 0.1) is 0 Å². The second kappa shape index (κ2) is 7.10. The van der Waals surface area contributed by atoms with Gasteiger partial charge < -0.3 is 5.32 Å². The van der Waals surface area contributed by atoms with Gasteiger partial charge in [-0.25, -0.2) is 0 Å². The first-order valence-electron chi connectivity index (χ1n) is 7.18. The van der Waals surface area contributed by atoms with Crippen LogP contribution < -0.4 is 5.32 Å². The fraction of sp³-hybridized carbons (Fsp3) is 0.333. The number of benzene rings is 2. The molecule has 1 atom stereocenters. The van der Waals surface area contributed by atoms with Gasteiger partial charge in [-0.2, -0.15) is 0 Å². The minimum atomic E-state index is 0.433. The lowest BCUT2D eigenvalue weighted by Crippen LogP contribution is -2.22. The molecule has 0 aliphatic rings. The molecule has 1 nitrogen and oxygen atoms in total. The molecule has 0 saturated heterocycles. The summed E-state index contributed by atoms with van der Waals surface area (Å²) in [6.07, 6.45) is 5.33. The number of allylic oxidation sites excluding steroid dienone is 1. The lowest BCUT2D eigenvalue weighted by atomic mass is 9.98. The molecule has 2 aromatic rings. The van der Waals surface area contributed by atoms with E-state index < -0.39 is 0 Å². The summed E-state index contributed by atoms with van der Waals surface area (Å²) >= 11 is 0. The van der Waals surface area contributed by atoms with Crippen molar-refractivity contribution in [3.05, 3.63) is 60.7 Å². The number of hydrogen-bond donors (Lipinski definition) is 1. The van der Waals surface area contributed by atoms with E-state index in [1.807, 2.05) is 6.08 Å². The highest BCUT2D eigenvalue weighted by atomic mass is 14.9. The smallest absolute Gasteiger partial charge is 0.0323 e. The second-order valence-corrected chi connectivity index (χ2v) is 4.98. The van der Waals surface area contributed by atoms with Crippen LogP contribution in [0.15, 0.2) is 55.1 Å². The highest BCUT2D eigenvalue weighted by molar-refractivity contribution is 5.83. The Balaban J connectivity index is 2.23. The van der Waals surface area contributed by atoms with Gasteiger partial charge >= 0.3 is 0 Å². The highest BCUT2D eigenvalue weighted by Gasteiger charge is 2.09. The van der Waals surface area contributed by atoms with Crippen molar-refractivity contribution in [1.29, 1.82) is 0 Å². The van der Waals surface area contributed by atoms with Crippen molar-refractivity contribution in [3.63, 3.8) is 0 Å². The number of nitrogens with one attached hydrogen (secondary N) is 1. The lowest BCUT2D eigenvalue weighted by molar-refractivity contribution is 0.503. The second-order valence-electron chi connectivity index (χ2n) is 4.98. The van der Waals surface area contributed by atoms with Gasteiger partial charge in [0.25, 0.3) is 0 Å². The van der Waals surface area contributed by atoms with Gasteiger partial charge in [0.15, 0.2) is 0 Å². The maximum Gasteiger partial charge on any atom is 0.0323 e. The molecule has 0 aliphatic carbocycles. The van der Waals surface area contributed by atoms with Crippen molar-refractivity contribution >= 4 is 10.8 Å². The van der Waals surface area contributed by atoms with Crippen LogP contribution in [0.4, 0.5) is 0 Å². The van der Waals surface area contributed by atoms with E-state index in [0.717, 1.165) is 25.8 Å². The third-order valence-electron chi connectivity index (χ3n) is 3.48. The Morgan fingerprint density at radius 3 is 2.68 bits per heavy atom. The van der Waals surface area contributed by atoms with Crippen LogP contribution in [0.3, 0.4) is 0 Å². The molecule has 2 rings (SSSR count). The van der Waals surface area contributed by atoms with Gasteiger partial charge in [0.1, 0.15) is 0 Å². The Bertz CT molecular complexity index is 530. The fourth-order valence-corrected chi connectivity index (χ4v) is 2.41. The first-order chi connectivity index (χ1) is 9.35. The summed E-state index contributed by atoms with van der Waals surface area (Å²) in [5.41, 5.74) is 1.38. The minimum absolute atomic E-state index is 0.433. The monoisotopic (exact) mass is 253 g/mol. The van der Waals surface area contributed by atoms with Crippen LogP contribution in [0, 0.1) is 0 Å². The Kier molecular flexibility index (Phi) is 5.17. The van der Waals surface area contributed by atoms with Gasteiger partial charge in [-0.3, -0.25) is 0 Å². The summed E-state index contributed by atoms with van der Waals surface area (Å²) in [6.45, 7) is 7.10. The molecule has 1 unspecified atom stereocenters. The number of hydrogen-bond acceptors (Lipinski definition) is 1. The van der Waals surface area contributed by atoms with Crippen LogP contribution >= 0.6 is 0 Å². The van der Waals surface area contributed by atoms with Crippen molar-refractivity contribution in [1.82, 2.24) is 5.32 Å². The first-order valence-corrected chi connectivity index (χ1v) is 7.18. The zero-order valence-electron chi connectivity index (χ0n) is 11.7. The molecule has 0 radical (unpaired) electrons. The topological polar surface area (TPSA) is 12.0 Å². The number of rotatable bonds is 7. The molecule has 0 amide bonds. The third-order valence-corrected chi connectivity index (χ3v) is 3.48. The molecule has 0 heterocycles. The molecule has 0 aromatic heterocycles. The summed E-state index contributed by atoms with van der Waals surface area (Å²) in [7, 11) is 0. The van der Waals surface area contributed by atoms with Crippen molar-refractivity contribution in [2.45, 2.75) is 32.2 Å². The van der Waals surface area contributed by atoms with E-state index in [1.165, 1.54) is 16.3 Å². The van der Waals surface area contributed by atoms with Crippen LogP contribution in [-0.4, -0.2) is 6.54 Å². The van der Waals surface area contributed by atoms with Gasteiger partial charge in [-0.15, -0.1) is 6.58 Å². The summed E-state index contributed by atoms with van der Waals surface area (Å²) < 4.78 is 0. The van der Waals surface area contributed by atoms with Gasteiger partial charge in [-0.1, -0.05) is 49.4 Å². The minimum Gasteiger partial charge on any atom is -0.310 e. The van der Waals surface area contributed by atoms with Crippen molar-refractivity contribution in [2.24, 2.45) is 0 Å². The van der Waals surface area contributed by atoms with E-state index in [4.69, 9.17) is 0 Å².